The van der Waals surface area contributed by atoms with Crippen molar-refractivity contribution in [3.05, 3.63) is 132 Å². The number of hydrogen-bond donors (Lipinski definition) is 0. The van der Waals surface area contributed by atoms with Crippen molar-refractivity contribution in [2.75, 3.05) is 0 Å². The van der Waals surface area contributed by atoms with Gasteiger partial charge in [0.2, 0.25) is 0 Å². The highest BCUT2D eigenvalue weighted by Gasteiger charge is 2.08. The lowest BCUT2D eigenvalue weighted by atomic mass is 9.92. The Morgan fingerprint density at radius 3 is 1.42 bits per heavy atom. The molecule has 0 nitrogen and oxygen atoms in total. The molecule has 0 atom stereocenters. The molecule has 7 aromatic rings. The van der Waals surface area contributed by atoms with E-state index < -0.39 is 0 Å². The van der Waals surface area contributed by atoms with Crippen molar-refractivity contribution in [2.24, 2.45) is 0 Å². The molecule has 0 saturated carbocycles. The van der Waals surface area contributed by atoms with E-state index in [0.29, 0.717) is 0 Å². The fraction of sp³-hybridized carbons (Fsp3) is 0.158. The maximum absolute atomic E-state index is 2.24. The lowest BCUT2D eigenvalue weighted by molar-refractivity contribution is 1.50. The largest absolute Gasteiger partial charge is 0.0683 e. The molecule has 0 unspecified atom stereocenters. The van der Waals surface area contributed by atoms with Gasteiger partial charge in [0, 0.05) is 0 Å². The third-order valence-corrected chi connectivity index (χ3v) is 6.88. The normalized spacial score (nSPS) is 10.4. The van der Waals surface area contributed by atoms with Gasteiger partial charge in [0.1, 0.15) is 0 Å². The van der Waals surface area contributed by atoms with Crippen LogP contribution in [-0.2, 0) is 0 Å². The van der Waals surface area contributed by atoms with Crippen molar-refractivity contribution in [2.45, 2.75) is 41.5 Å². The van der Waals surface area contributed by atoms with Gasteiger partial charge in [-0.3, -0.25) is 0 Å². The molecule has 0 aliphatic heterocycles. The summed E-state index contributed by atoms with van der Waals surface area (Å²) in [6, 6.07) is 43.5. The summed E-state index contributed by atoms with van der Waals surface area (Å²) in [7, 11) is 0. The first-order chi connectivity index (χ1) is 18.7. The molecule has 0 aliphatic carbocycles. The lowest BCUT2D eigenvalue weighted by Gasteiger charge is -2.11. The van der Waals surface area contributed by atoms with E-state index in [-0.39, 0.29) is 0 Å². The summed E-state index contributed by atoms with van der Waals surface area (Å²) in [4.78, 5) is 0. The molecule has 0 heteroatoms. The van der Waals surface area contributed by atoms with Gasteiger partial charge in [0.05, 0.1) is 0 Å². The summed E-state index contributed by atoms with van der Waals surface area (Å²) in [5.41, 5.74) is 2.66. The number of fused-ring (bicyclic) bond motifs is 9. The molecular weight excluding hydrogens is 456 g/mol. The first-order valence-corrected chi connectivity index (χ1v) is 13.9. The van der Waals surface area contributed by atoms with Crippen LogP contribution in [-0.4, -0.2) is 0 Å². The van der Waals surface area contributed by atoms with Crippen molar-refractivity contribution in [1.29, 1.82) is 0 Å². The minimum Gasteiger partial charge on any atom is -0.0683 e. The molecule has 7 rings (SSSR count). The molecular formula is C38H38. The second-order valence-electron chi connectivity index (χ2n) is 9.10. The zero-order valence-electron chi connectivity index (χ0n) is 23.5. The van der Waals surface area contributed by atoms with Crippen molar-refractivity contribution in [3.8, 4) is 0 Å². The third kappa shape index (κ3) is 5.13. The van der Waals surface area contributed by atoms with E-state index in [0.717, 1.165) is 0 Å². The van der Waals surface area contributed by atoms with Gasteiger partial charge in [0.15, 0.2) is 0 Å². The predicted molar refractivity (Wildman–Crippen MR) is 173 cm³/mol. The first-order valence-electron chi connectivity index (χ1n) is 13.9. The monoisotopic (exact) mass is 494 g/mol. The van der Waals surface area contributed by atoms with Gasteiger partial charge in [0.25, 0.3) is 0 Å². The van der Waals surface area contributed by atoms with Gasteiger partial charge in [-0.05, 0) is 73.3 Å². The molecule has 0 N–H and O–H groups in total. The molecule has 0 aliphatic rings. The molecule has 38 heavy (non-hydrogen) atoms. The minimum absolute atomic E-state index is 1.31. The van der Waals surface area contributed by atoms with Crippen LogP contribution < -0.4 is 0 Å². The van der Waals surface area contributed by atoms with Gasteiger partial charge in [-0.2, -0.15) is 0 Å². The molecule has 0 spiro atoms. The highest BCUT2D eigenvalue weighted by molar-refractivity contribution is 6.26. The maximum Gasteiger partial charge on any atom is -0.00697 e. The zero-order chi connectivity index (χ0) is 27.1. The summed E-state index contributed by atoms with van der Waals surface area (Å²) in [6.07, 6.45) is 0. The Morgan fingerprint density at radius 1 is 0.342 bits per heavy atom. The van der Waals surface area contributed by atoms with Crippen molar-refractivity contribution < 1.29 is 0 Å². The number of hydrogen-bond acceptors (Lipinski definition) is 0. The summed E-state index contributed by atoms with van der Waals surface area (Å²) in [5.74, 6) is 0. The summed E-state index contributed by atoms with van der Waals surface area (Å²) >= 11 is 0. The Hall–Kier alpha value is -4.16. The van der Waals surface area contributed by atoms with Gasteiger partial charge in [-0.1, -0.05) is 155 Å². The molecule has 0 fully saturated rings. The van der Waals surface area contributed by atoms with E-state index in [9.17, 15) is 0 Å². The maximum atomic E-state index is 2.24. The fourth-order valence-electron chi connectivity index (χ4n) is 5.27. The summed E-state index contributed by atoms with van der Waals surface area (Å²) in [6.45, 7) is 12.3. The number of rotatable bonds is 0. The first kappa shape index (κ1) is 26.9. The minimum atomic E-state index is 1.31. The van der Waals surface area contributed by atoms with E-state index in [1.807, 2.05) is 27.7 Å². The summed E-state index contributed by atoms with van der Waals surface area (Å²) in [5, 5.41) is 13.5. The molecule has 0 aromatic heterocycles. The molecule has 7 aromatic carbocycles. The van der Waals surface area contributed by atoms with E-state index in [4.69, 9.17) is 0 Å². The SMILES string of the molecule is CC.CC.Cc1ccc2c(ccc3ccccc32)c1.Cc1cccc2c3ccccc3c3ccccc3c12. The van der Waals surface area contributed by atoms with Crippen LogP contribution in [0.2, 0.25) is 0 Å². The van der Waals surface area contributed by atoms with E-state index in [2.05, 4.69) is 135 Å². The zero-order valence-corrected chi connectivity index (χ0v) is 23.5. The second-order valence-corrected chi connectivity index (χ2v) is 9.10. The van der Waals surface area contributed by atoms with E-state index >= 15 is 0 Å². The molecule has 0 amide bonds. The Morgan fingerprint density at radius 2 is 0.789 bits per heavy atom. The van der Waals surface area contributed by atoms with Gasteiger partial charge >= 0.3 is 0 Å². The average molecular weight is 495 g/mol. The number of benzene rings is 7. The van der Waals surface area contributed by atoms with Crippen LogP contribution in [0.15, 0.2) is 121 Å². The summed E-state index contributed by atoms with van der Waals surface area (Å²) < 4.78 is 0. The Balaban J connectivity index is 0.000000160. The highest BCUT2D eigenvalue weighted by atomic mass is 14.1. The third-order valence-electron chi connectivity index (χ3n) is 6.88. The second kappa shape index (κ2) is 12.4. The van der Waals surface area contributed by atoms with Crippen LogP contribution in [0.4, 0.5) is 0 Å². The van der Waals surface area contributed by atoms with Gasteiger partial charge in [-0.25, -0.2) is 0 Å². The van der Waals surface area contributed by atoms with Crippen LogP contribution in [0.25, 0.3) is 53.9 Å². The van der Waals surface area contributed by atoms with Crippen LogP contribution in [0.5, 0.6) is 0 Å². The van der Waals surface area contributed by atoms with Crippen LogP contribution in [0.1, 0.15) is 38.8 Å². The molecule has 190 valence electrons. The Labute approximate surface area is 227 Å². The highest BCUT2D eigenvalue weighted by Crippen LogP contribution is 2.36. The van der Waals surface area contributed by atoms with Crippen LogP contribution >= 0.6 is 0 Å². The number of aryl methyl sites for hydroxylation is 2. The van der Waals surface area contributed by atoms with Crippen molar-refractivity contribution in [3.63, 3.8) is 0 Å². The van der Waals surface area contributed by atoms with Gasteiger partial charge < -0.3 is 0 Å². The van der Waals surface area contributed by atoms with E-state index in [1.165, 1.54) is 65.0 Å². The quantitative estimate of drug-likeness (QED) is 0.184. The molecule has 0 saturated heterocycles. The van der Waals surface area contributed by atoms with Crippen molar-refractivity contribution in [1.82, 2.24) is 0 Å². The topological polar surface area (TPSA) is 0 Å². The van der Waals surface area contributed by atoms with E-state index in [1.54, 1.807) is 0 Å². The smallest absolute Gasteiger partial charge is 0.00697 e. The predicted octanol–water partition coefficient (Wildman–Crippen LogP) is 11.8. The average Bonchev–Trinajstić information content (AvgIpc) is 2.99. The Kier molecular flexibility index (Phi) is 8.77. The molecule has 0 heterocycles. The Bertz CT molecular complexity index is 1780. The van der Waals surface area contributed by atoms with Crippen molar-refractivity contribution >= 4 is 53.9 Å². The molecule has 0 bridgehead atoms. The lowest BCUT2D eigenvalue weighted by Crippen LogP contribution is -1.85. The standard InChI is InChI=1S/C19H14.C15H12.2C2H6/c1-13-7-6-12-18-16-9-3-2-8-14(16)15-10-4-5-11-17(15)19(13)18;1-11-6-9-15-13(10-11)8-7-12-4-2-3-5-14(12)15;2*1-2/h2-12H,1H3;2-10H,1H3;2*1-2H3. The van der Waals surface area contributed by atoms with Crippen LogP contribution in [0.3, 0.4) is 0 Å². The molecule has 0 radical (unpaired) electrons. The van der Waals surface area contributed by atoms with Crippen LogP contribution in [0, 0.1) is 13.8 Å². The fourth-order valence-corrected chi connectivity index (χ4v) is 5.27. The van der Waals surface area contributed by atoms with Gasteiger partial charge in [-0.15, -0.1) is 0 Å².